The second-order valence-corrected chi connectivity index (χ2v) is 4.32. The van der Waals surface area contributed by atoms with Crippen molar-refractivity contribution in [3.05, 3.63) is 65.2 Å². The molecule has 0 amide bonds. The summed E-state index contributed by atoms with van der Waals surface area (Å²) in [7, 11) is 0. The van der Waals surface area contributed by atoms with E-state index in [1.54, 1.807) is 6.07 Å². The minimum absolute atomic E-state index is 0.00644. The summed E-state index contributed by atoms with van der Waals surface area (Å²) >= 11 is 5.99. The summed E-state index contributed by atoms with van der Waals surface area (Å²) in [5.41, 5.74) is 0.834. The van der Waals surface area contributed by atoms with E-state index in [9.17, 15) is 4.79 Å². The maximum absolute atomic E-state index is 11.8. The molecule has 3 heteroatoms. The van der Waals surface area contributed by atoms with Crippen LogP contribution in [0.2, 0.25) is 5.02 Å². The third-order valence-corrected chi connectivity index (χ3v) is 2.86. The van der Waals surface area contributed by atoms with Crippen LogP contribution < -0.4 is 4.74 Å². The smallest absolute Gasteiger partial charge is 0.174 e. The number of carbonyl (C=O) groups excluding carboxylic acids is 1. The maximum atomic E-state index is 11.8. The third kappa shape index (κ3) is 3.60. The largest absolute Gasteiger partial charge is 0.486 e. The topological polar surface area (TPSA) is 26.3 Å². The van der Waals surface area contributed by atoms with Gasteiger partial charge in [0, 0.05) is 11.4 Å². The number of rotatable bonds is 5. The van der Waals surface area contributed by atoms with Gasteiger partial charge in [0.15, 0.2) is 5.78 Å². The summed E-state index contributed by atoms with van der Waals surface area (Å²) in [6.45, 7) is 0.0647. The summed E-state index contributed by atoms with van der Waals surface area (Å²) in [6.07, 6.45) is 0.298. The van der Waals surface area contributed by atoms with Crippen LogP contribution in [0, 0.1) is 0 Å². The number of Topliss-reactive ketones (excluding diaryl/α,β-unsaturated/α-hetero) is 1. The normalized spacial score (nSPS) is 10.1. The molecule has 0 unspecified atom stereocenters. The lowest BCUT2D eigenvalue weighted by Gasteiger charge is -2.06. The van der Waals surface area contributed by atoms with Crippen molar-refractivity contribution in [3.63, 3.8) is 0 Å². The standard InChI is InChI=1S/C15H13ClO2/c16-15-9-5-4-6-12(15)10-13(17)11-18-14-7-2-1-3-8-14/h1-9H,10-11H2. The molecule has 18 heavy (non-hydrogen) atoms. The van der Waals surface area contributed by atoms with Crippen molar-refractivity contribution < 1.29 is 9.53 Å². The van der Waals surface area contributed by atoms with Gasteiger partial charge in [-0.1, -0.05) is 48.0 Å². The molecule has 0 saturated carbocycles. The van der Waals surface area contributed by atoms with Gasteiger partial charge in [-0.25, -0.2) is 0 Å². The van der Waals surface area contributed by atoms with Crippen LogP contribution in [-0.2, 0) is 11.2 Å². The summed E-state index contributed by atoms with van der Waals surface area (Å²) in [5, 5.41) is 0.616. The SMILES string of the molecule is O=C(COc1ccccc1)Cc1ccccc1Cl. The molecule has 0 N–H and O–H groups in total. The molecule has 0 aliphatic heterocycles. The monoisotopic (exact) mass is 260 g/mol. The number of ketones is 1. The molecule has 92 valence electrons. The molecule has 2 nitrogen and oxygen atoms in total. The van der Waals surface area contributed by atoms with Crippen molar-refractivity contribution in [1.29, 1.82) is 0 Å². The highest BCUT2D eigenvalue weighted by molar-refractivity contribution is 6.31. The van der Waals surface area contributed by atoms with E-state index < -0.39 is 0 Å². The maximum Gasteiger partial charge on any atom is 0.174 e. The van der Waals surface area contributed by atoms with Gasteiger partial charge in [-0.15, -0.1) is 0 Å². The quantitative estimate of drug-likeness (QED) is 0.822. The van der Waals surface area contributed by atoms with Crippen LogP contribution in [0.5, 0.6) is 5.75 Å². The first-order valence-electron chi connectivity index (χ1n) is 5.68. The Morgan fingerprint density at radius 2 is 1.67 bits per heavy atom. The first kappa shape index (κ1) is 12.7. The Kier molecular flexibility index (Phi) is 4.37. The van der Waals surface area contributed by atoms with Crippen molar-refractivity contribution in [2.24, 2.45) is 0 Å². The van der Waals surface area contributed by atoms with Crippen LogP contribution in [0.3, 0.4) is 0 Å². The minimum Gasteiger partial charge on any atom is -0.486 e. The van der Waals surface area contributed by atoms with Crippen LogP contribution in [0.25, 0.3) is 0 Å². The average Bonchev–Trinajstić information content (AvgIpc) is 2.40. The summed E-state index contributed by atoms with van der Waals surface area (Å²) in [4.78, 5) is 11.8. The van der Waals surface area contributed by atoms with Crippen molar-refractivity contribution in [2.45, 2.75) is 6.42 Å². The van der Waals surface area contributed by atoms with Crippen LogP contribution in [0.1, 0.15) is 5.56 Å². The van der Waals surface area contributed by atoms with Gasteiger partial charge in [-0.3, -0.25) is 4.79 Å². The van der Waals surface area contributed by atoms with Crippen molar-refractivity contribution in [3.8, 4) is 5.75 Å². The van der Waals surface area contributed by atoms with Gasteiger partial charge in [-0.05, 0) is 23.8 Å². The molecule has 0 heterocycles. The Morgan fingerprint density at radius 1 is 1.00 bits per heavy atom. The molecule has 0 bridgehead atoms. The molecule has 0 atom stereocenters. The second-order valence-electron chi connectivity index (χ2n) is 3.91. The predicted octanol–water partition coefficient (Wildman–Crippen LogP) is 3.53. The highest BCUT2D eigenvalue weighted by atomic mass is 35.5. The summed E-state index contributed by atoms with van der Waals surface area (Å²) in [5.74, 6) is 0.706. The lowest BCUT2D eigenvalue weighted by atomic mass is 10.1. The van der Waals surface area contributed by atoms with Crippen LogP contribution >= 0.6 is 11.6 Å². The number of carbonyl (C=O) groups is 1. The van der Waals surface area contributed by atoms with E-state index in [1.165, 1.54) is 0 Å². The number of para-hydroxylation sites is 1. The molecular formula is C15H13ClO2. The Balaban J connectivity index is 1.88. The Bertz CT molecular complexity index is 523. The average molecular weight is 261 g/mol. The van der Waals surface area contributed by atoms with Crippen LogP contribution in [-0.4, -0.2) is 12.4 Å². The first-order valence-corrected chi connectivity index (χ1v) is 6.06. The van der Waals surface area contributed by atoms with Gasteiger partial charge >= 0.3 is 0 Å². The van der Waals surface area contributed by atoms with E-state index in [1.807, 2.05) is 48.5 Å². The van der Waals surface area contributed by atoms with Crippen LogP contribution in [0.15, 0.2) is 54.6 Å². The Hall–Kier alpha value is -1.80. The zero-order chi connectivity index (χ0) is 12.8. The van der Waals surface area contributed by atoms with E-state index in [0.29, 0.717) is 17.2 Å². The molecule has 0 spiro atoms. The van der Waals surface area contributed by atoms with Gasteiger partial charge in [0.1, 0.15) is 12.4 Å². The second kappa shape index (κ2) is 6.22. The highest BCUT2D eigenvalue weighted by Gasteiger charge is 2.07. The van der Waals surface area contributed by atoms with Gasteiger partial charge in [0.2, 0.25) is 0 Å². The molecular weight excluding hydrogens is 248 g/mol. The number of benzene rings is 2. The summed E-state index contributed by atoms with van der Waals surface area (Å²) in [6, 6.07) is 16.6. The number of ether oxygens (including phenoxy) is 1. The Labute approximate surface area is 111 Å². The molecule has 2 rings (SSSR count). The summed E-state index contributed by atoms with van der Waals surface area (Å²) < 4.78 is 5.39. The fourth-order valence-electron chi connectivity index (χ4n) is 1.59. The molecule has 2 aromatic carbocycles. The number of hydrogen-bond acceptors (Lipinski definition) is 2. The molecule has 2 aromatic rings. The molecule has 0 fully saturated rings. The zero-order valence-electron chi connectivity index (χ0n) is 9.80. The predicted molar refractivity (Wildman–Crippen MR) is 72.1 cm³/mol. The van der Waals surface area contributed by atoms with Gasteiger partial charge in [-0.2, -0.15) is 0 Å². The molecule has 0 aromatic heterocycles. The Morgan fingerprint density at radius 3 is 2.39 bits per heavy atom. The zero-order valence-corrected chi connectivity index (χ0v) is 10.6. The fourth-order valence-corrected chi connectivity index (χ4v) is 1.79. The first-order chi connectivity index (χ1) is 8.75. The lowest BCUT2D eigenvalue weighted by Crippen LogP contribution is -2.13. The van der Waals surface area contributed by atoms with Gasteiger partial charge in [0.05, 0.1) is 0 Å². The van der Waals surface area contributed by atoms with Crippen molar-refractivity contribution in [2.75, 3.05) is 6.61 Å². The van der Waals surface area contributed by atoms with E-state index in [2.05, 4.69) is 0 Å². The molecule has 0 radical (unpaired) electrons. The minimum atomic E-state index is 0.00644. The molecule has 0 aliphatic carbocycles. The number of hydrogen-bond donors (Lipinski definition) is 0. The molecule has 0 aliphatic rings. The van der Waals surface area contributed by atoms with Crippen molar-refractivity contribution >= 4 is 17.4 Å². The molecule has 0 saturated heterocycles. The van der Waals surface area contributed by atoms with E-state index >= 15 is 0 Å². The van der Waals surface area contributed by atoms with E-state index in [-0.39, 0.29) is 12.4 Å². The third-order valence-electron chi connectivity index (χ3n) is 2.49. The van der Waals surface area contributed by atoms with Crippen molar-refractivity contribution in [1.82, 2.24) is 0 Å². The van der Waals surface area contributed by atoms with E-state index in [0.717, 1.165) is 5.56 Å². The number of halogens is 1. The van der Waals surface area contributed by atoms with Gasteiger partial charge < -0.3 is 4.74 Å². The lowest BCUT2D eigenvalue weighted by molar-refractivity contribution is -0.120. The van der Waals surface area contributed by atoms with Gasteiger partial charge in [0.25, 0.3) is 0 Å². The fraction of sp³-hybridized carbons (Fsp3) is 0.133. The van der Waals surface area contributed by atoms with Crippen LogP contribution in [0.4, 0.5) is 0 Å². The highest BCUT2D eigenvalue weighted by Crippen LogP contribution is 2.16. The van der Waals surface area contributed by atoms with E-state index in [4.69, 9.17) is 16.3 Å².